The summed E-state index contributed by atoms with van der Waals surface area (Å²) in [6.07, 6.45) is 0.528. The van der Waals surface area contributed by atoms with E-state index in [1.54, 1.807) is 0 Å². The van der Waals surface area contributed by atoms with Gasteiger partial charge < -0.3 is 15.1 Å². The topological polar surface area (TPSA) is 53.9 Å². The normalized spacial score (nSPS) is 15.9. The van der Waals surface area contributed by atoms with E-state index in [1.165, 1.54) is 11.8 Å². The molecular weight excluding hydrogens is 374 g/mol. The molecule has 0 unspecified atom stereocenters. The van der Waals surface area contributed by atoms with Gasteiger partial charge in [-0.15, -0.1) is 0 Å². The van der Waals surface area contributed by atoms with Crippen molar-refractivity contribution in [3.8, 4) is 0 Å². The van der Waals surface area contributed by atoms with Crippen molar-refractivity contribution in [2.24, 2.45) is 0 Å². The summed E-state index contributed by atoms with van der Waals surface area (Å²) in [6, 6.07) is 17.2. The summed E-state index contributed by atoms with van der Waals surface area (Å²) < 4.78 is 0. The van der Waals surface area contributed by atoms with Crippen molar-refractivity contribution in [2.45, 2.75) is 19.4 Å². The number of benzene rings is 2. The first-order valence-corrected chi connectivity index (χ1v) is 10.1. The van der Waals surface area contributed by atoms with Crippen LogP contribution in [0.4, 0.5) is 5.69 Å². The van der Waals surface area contributed by atoms with E-state index in [0.717, 1.165) is 42.5 Å². The standard InChI is InChI=1S/C22H26ClN3O2/c1-17(27)21(14-18-6-3-2-4-7-18)24-22(28)16-25-10-12-26(13-11-25)20-9-5-8-19(23)15-20/h2-9,15,21H,10-14,16H2,1H3,(H,24,28)/p+1/t21-/m1/s1. The summed E-state index contributed by atoms with van der Waals surface area (Å²) in [5.74, 6) is -0.0830. The van der Waals surface area contributed by atoms with Crippen LogP contribution in [0.15, 0.2) is 54.6 Å². The number of amides is 1. The third-order valence-electron chi connectivity index (χ3n) is 5.16. The van der Waals surface area contributed by atoms with Gasteiger partial charge in [0, 0.05) is 10.7 Å². The summed E-state index contributed by atoms with van der Waals surface area (Å²) in [7, 11) is 0. The highest BCUT2D eigenvalue weighted by molar-refractivity contribution is 6.30. The van der Waals surface area contributed by atoms with E-state index < -0.39 is 6.04 Å². The van der Waals surface area contributed by atoms with Crippen molar-refractivity contribution in [1.82, 2.24) is 5.32 Å². The molecule has 1 aliphatic heterocycles. The van der Waals surface area contributed by atoms with Crippen LogP contribution >= 0.6 is 11.6 Å². The second-order valence-corrected chi connectivity index (χ2v) is 7.75. The number of piperazine rings is 1. The average Bonchev–Trinajstić information content (AvgIpc) is 2.69. The van der Waals surface area contributed by atoms with Gasteiger partial charge in [-0.3, -0.25) is 9.59 Å². The van der Waals surface area contributed by atoms with E-state index in [9.17, 15) is 9.59 Å². The van der Waals surface area contributed by atoms with Gasteiger partial charge in [0.05, 0.1) is 32.2 Å². The molecule has 1 heterocycles. The summed E-state index contributed by atoms with van der Waals surface area (Å²) in [5.41, 5.74) is 2.17. The molecule has 28 heavy (non-hydrogen) atoms. The first-order chi connectivity index (χ1) is 13.5. The Labute approximate surface area is 171 Å². The lowest BCUT2D eigenvalue weighted by Crippen LogP contribution is -3.16. The summed E-state index contributed by atoms with van der Waals surface area (Å²) in [5, 5.41) is 3.66. The highest BCUT2D eigenvalue weighted by Gasteiger charge is 2.24. The van der Waals surface area contributed by atoms with Crippen LogP contribution in [0, 0.1) is 0 Å². The van der Waals surface area contributed by atoms with E-state index in [-0.39, 0.29) is 11.7 Å². The zero-order valence-electron chi connectivity index (χ0n) is 16.2. The van der Waals surface area contributed by atoms with Crippen molar-refractivity contribution in [3.63, 3.8) is 0 Å². The van der Waals surface area contributed by atoms with E-state index in [4.69, 9.17) is 11.6 Å². The van der Waals surface area contributed by atoms with Crippen LogP contribution in [-0.2, 0) is 16.0 Å². The monoisotopic (exact) mass is 400 g/mol. The Morgan fingerprint density at radius 1 is 1.11 bits per heavy atom. The molecule has 0 spiro atoms. The molecule has 5 nitrogen and oxygen atoms in total. The Morgan fingerprint density at radius 2 is 1.82 bits per heavy atom. The minimum atomic E-state index is -0.470. The minimum Gasteiger partial charge on any atom is -0.360 e. The lowest BCUT2D eigenvalue weighted by Gasteiger charge is -2.33. The number of anilines is 1. The van der Waals surface area contributed by atoms with Gasteiger partial charge in [-0.05, 0) is 37.1 Å². The average molecular weight is 401 g/mol. The number of carbonyl (C=O) groups is 2. The van der Waals surface area contributed by atoms with Gasteiger partial charge in [0.25, 0.3) is 5.91 Å². The first-order valence-electron chi connectivity index (χ1n) is 9.69. The van der Waals surface area contributed by atoms with Crippen molar-refractivity contribution in [2.75, 3.05) is 37.6 Å². The smallest absolute Gasteiger partial charge is 0.275 e. The molecule has 0 aliphatic carbocycles. The van der Waals surface area contributed by atoms with E-state index in [0.29, 0.717) is 13.0 Å². The number of Topliss-reactive ketones (excluding diaryl/α,β-unsaturated/α-hetero) is 1. The number of nitrogens with one attached hydrogen (secondary N) is 2. The summed E-state index contributed by atoms with van der Waals surface area (Å²) in [6.45, 7) is 5.44. The van der Waals surface area contributed by atoms with Crippen molar-refractivity contribution < 1.29 is 14.5 Å². The molecule has 0 aromatic heterocycles. The number of ketones is 1. The zero-order valence-corrected chi connectivity index (χ0v) is 16.9. The van der Waals surface area contributed by atoms with Crippen LogP contribution < -0.4 is 15.1 Å². The van der Waals surface area contributed by atoms with Crippen molar-refractivity contribution in [3.05, 3.63) is 65.2 Å². The molecule has 0 saturated carbocycles. The second-order valence-electron chi connectivity index (χ2n) is 7.31. The number of hydrogen-bond acceptors (Lipinski definition) is 3. The van der Waals surface area contributed by atoms with Gasteiger partial charge in [0.1, 0.15) is 0 Å². The maximum atomic E-state index is 12.5. The first kappa shape index (κ1) is 20.4. The highest BCUT2D eigenvalue weighted by Crippen LogP contribution is 2.19. The largest absolute Gasteiger partial charge is 0.360 e. The molecule has 1 aliphatic rings. The molecule has 2 aromatic rings. The van der Waals surface area contributed by atoms with Crippen LogP contribution in [0.2, 0.25) is 5.02 Å². The summed E-state index contributed by atoms with van der Waals surface area (Å²) in [4.78, 5) is 28.0. The van der Waals surface area contributed by atoms with Gasteiger partial charge in [0.15, 0.2) is 12.3 Å². The molecule has 1 saturated heterocycles. The minimum absolute atomic E-state index is 0.0158. The third kappa shape index (κ3) is 5.81. The SMILES string of the molecule is CC(=O)[C@@H](Cc1ccccc1)NC(=O)C[NH+]1CCN(c2cccc(Cl)c2)CC1. The molecular formula is C22H27ClN3O2+. The van der Waals surface area contributed by atoms with Gasteiger partial charge in [0.2, 0.25) is 0 Å². The maximum absolute atomic E-state index is 12.5. The van der Waals surface area contributed by atoms with Crippen LogP contribution in [0.5, 0.6) is 0 Å². The Hall–Kier alpha value is -2.37. The predicted molar refractivity (Wildman–Crippen MR) is 112 cm³/mol. The van der Waals surface area contributed by atoms with Crippen LogP contribution in [0.25, 0.3) is 0 Å². The molecule has 2 aromatic carbocycles. The molecule has 3 rings (SSSR count). The van der Waals surface area contributed by atoms with Gasteiger partial charge in [-0.1, -0.05) is 48.0 Å². The fraction of sp³-hybridized carbons (Fsp3) is 0.364. The third-order valence-corrected chi connectivity index (χ3v) is 5.40. The predicted octanol–water partition coefficient (Wildman–Crippen LogP) is 1.36. The number of carbonyl (C=O) groups excluding carboxylic acids is 2. The van der Waals surface area contributed by atoms with Crippen LogP contribution in [0.3, 0.4) is 0 Å². The Kier molecular flexibility index (Phi) is 7.06. The number of nitrogens with zero attached hydrogens (tertiary/aromatic N) is 1. The molecule has 6 heteroatoms. The molecule has 0 radical (unpaired) electrons. The number of rotatable bonds is 7. The van der Waals surface area contributed by atoms with E-state index in [2.05, 4.69) is 16.3 Å². The highest BCUT2D eigenvalue weighted by atomic mass is 35.5. The maximum Gasteiger partial charge on any atom is 0.275 e. The van der Waals surface area contributed by atoms with E-state index >= 15 is 0 Å². The molecule has 1 fully saturated rings. The van der Waals surface area contributed by atoms with Crippen LogP contribution in [-0.4, -0.2) is 50.5 Å². The van der Waals surface area contributed by atoms with Gasteiger partial charge in [-0.2, -0.15) is 0 Å². The Balaban J connectivity index is 1.48. The quantitative estimate of drug-likeness (QED) is 0.738. The van der Waals surface area contributed by atoms with Crippen molar-refractivity contribution >= 4 is 29.0 Å². The molecule has 0 bridgehead atoms. The van der Waals surface area contributed by atoms with Gasteiger partial charge in [-0.25, -0.2) is 0 Å². The van der Waals surface area contributed by atoms with Gasteiger partial charge >= 0.3 is 0 Å². The zero-order chi connectivity index (χ0) is 19.9. The van der Waals surface area contributed by atoms with E-state index in [1.807, 2.05) is 48.5 Å². The number of halogens is 1. The van der Waals surface area contributed by atoms with Crippen LogP contribution in [0.1, 0.15) is 12.5 Å². The molecule has 148 valence electrons. The van der Waals surface area contributed by atoms with Crippen molar-refractivity contribution in [1.29, 1.82) is 0 Å². The lowest BCUT2D eigenvalue weighted by molar-refractivity contribution is -0.892. The molecule has 1 atom stereocenters. The Bertz CT molecular complexity index is 804. The Morgan fingerprint density at radius 3 is 2.46 bits per heavy atom. The second kappa shape index (κ2) is 9.71. The number of hydrogen-bond donors (Lipinski definition) is 2. The fourth-order valence-corrected chi connectivity index (χ4v) is 3.73. The summed E-state index contributed by atoms with van der Waals surface area (Å²) >= 11 is 6.08. The number of quaternary nitrogens is 1. The lowest BCUT2D eigenvalue weighted by atomic mass is 10.0. The molecule has 1 amide bonds. The molecule has 2 N–H and O–H groups in total. The fourth-order valence-electron chi connectivity index (χ4n) is 3.55.